The second-order valence-electron chi connectivity index (χ2n) is 3.51. The SMILES string of the molecule is NC(=O)NSN(C(N)=O)C1CCCCC1. The second-order valence-corrected chi connectivity index (χ2v) is 4.29. The maximum Gasteiger partial charge on any atom is 0.326 e. The highest BCUT2D eigenvalue weighted by Gasteiger charge is 2.25. The molecule has 1 aliphatic carbocycles. The predicted molar refractivity (Wildman–Crippen MR) is 58.6 cm³/mol. The highest BCUT2D eigenvalue weighted by atomic mass is 32.2. The van der Waals surface area contributed by atoms with Crippen LogP contribution in [0.25, 0.3) is 0 Å². The van der Waals surface area contributed by atoms with Gasteiger partial charge in [0.15, 0.2) is 0 Å². The third kappa shape index (κ3) is 3.86. The number of nitrogens with one attached hydrogen (secondary N) is 1. The van der Waals surface area contributed by atoms with Crippen molar-refractivity contribution >= 4 is 24.2 Å². The Kier molecular flexibility index (Phi) is 4.54. The van der Waals surface area contributed by atoms with Gasteiger partial charge < -0.3 is 11.5 Å². The van der Waals surface area contributed by atoms with E-state index in [9.17, 15) is 9.59 Å². The lowest BCUT2D eigenvalue weighted by Gasteiger charge is -2.31. The molecule has 0 radical (unpaired) electrons. The van der Waals surface area contributed by atoms with Gasteiger partial charge in [0.1, 0.15) is 0 Å². The standard InChI is InChI=1S/C8H16N4O2S/c9-7(13)11-15-12(8(10)14)6-4-2-1-3-5-6/h6H,1-5H2,(H2,10,14)(H3,9,11,13). The normalized spacial score (nSPS) is 17.1. The third-order valence-electron chi connectivity index (χ3n) is 2.37. The van der Waals surface area contributed by atoms with Crippen molar-refractivity contribution in [1.29, 1.82) is 0 Å². The van der Waals surface area contributed by atoms with Gasteiger partial charge in [-0.1, -0.05) is 19.3 Å². The van der Waals surface area contributed by atoms with E-state index < -0.39 is 12.1 Å². The van der Waals surface area contributed by atoms with Gasteiger partial charge in [0.05, 0.1) is 12.1 Å². The lowest BCUT2D eigenvalue weighted by molar-refractivity contribution is 0.214. The van der Waals surface area contributed by atoms with Crippen LogP contribution in [0, 0.1) is 0 Å². The zero-order valence-electron chi connectivity index (χ0n) is 8.44. The minimum atomic E-state index is -0.679. The van der Waals surface area contributed by atoms with E-state index in [-0.39, 0.29) is 6.04 Å². The number of nitrogens with zero attached hydrogens (tertiary/aromatic N) is 1. The van der Waals surface area contributed by atoms with Gasteiger partial charge in [-0.15, -0.1) is 0 Å². The average Bonchev–Trinajstić information content (AvgIpc) is 2.18. The highest BCUT2D eigenvalue weighted by Crippen LogP contribution is 2.25. The first-order valence-electron chi connectivity index (χ1n) is 4.92. The molecule has 1 fully saturated rings. The van der Waals surface area contributed by atoms with Crippen molar-refractivity contribution in [2.24, 2.45) is 11.5 Å². The maximum absolute atomic E-state index is 11.1. The molecule has 0 bridgehead atoms. The van der Waals surface area contributed by atoms with Crippen molar-refractivity contribution in [1.82, 2.24) is 9.03 Å². The summed E-state index contributed by atoms with van der Waals surface area (Å²) in [7, 11) is 0. The van der Waals surface area contributed by atoms with Crippen LogP contribution in [0.5, 0.6) is 0 Å². The van der Waals surface area contributed by atoms with E-state index in [1.807, 2.05) is 0 Å². The molecule has 0 aliphatic heterocycles. The summed E-state index contributed by atoms with van der Waals surface area (Å²) in [6.45, 7) is 0. The number of carbonyl (C=O) groups is 2. The average molecular weight is 232 g/mol. The molecule has 0 heterocycles. The third-order valence-corrected chi connectivity index (χ3v) is 3.34. The number of urea groups is 2. The highest BCUT2D eigenvalue weighted by molar-refractivity contribution is 7.96. The molecule has 1 rings (SSSR count). The fourth-order valence-corrected chi connectivity index (χ4v) is 2.35. The van der Waals surface area contributed by atoms with E-state index >= 15 is 0 Å². The van der Waals surface area contributed by atoms with Gasteiger partial charge in [-0.25, -0.2) is 13.9 Å². The molecule has 5 N–H and O–H groups in total. The van der Waals surface area contributed by atoms with E-state index in [1.54, 1.807) is 0 Å². The number of amides is 4. The molecule has 6 nitrogen and oxygen atoms in total. The number of nitrogens with two attached hydrogens (primary N) is 2. The molecule has 15 heavy (non-hydrogen) atoms. The summed E-state index contributed by atoms with van der Waals surface area (Å²) in [6, 6.07) is -1.11. The van der Waals surface area contributed by atoms with Gasteiger partial charge in [-0.2, -0.15) is 0 Å². The second kappa shape index (κ2) is 5.69. The molecule has 86 valence electrons. The lowest BCUT2D eigenvalue weighted by Crippen LogP contribution is -2.42. The topological polar surface area (TPSA) is 101 Å². The Bertz CT molecular complexity index is 243. The largest absolute Gasteiger partial charge is 0.351 e. The molecular weight excluding hydrogens is 216 g/mol. The summed E-state index contributed by atoms with van der Waals surface area (Å²) >= 11 is 0.879. The summed E-state index contributed by atoms with van der Waals surface area (Å²) in [4.78, 5) is 21.7. The van der Waals surface area contributed by atoms with Crippen molar-refractivity contribution in [2.45, 2.75) is 38.1 Å². The molecule has 0 atom stereocenters. The van der Waals surface area contributed by atoms with Crippen molar-refractivity contribution in [2.75, 3.05) is 0 Å². The molecule has 0 saturated heterocycles. The zero-order chi connectivity index (χ0) is 11.3. The van der Waals surface area contributed by atoms with Crippen LogP contribution in [0.1, 0.15) is 32.1 Å². The van der Waals surface area contributed by atoms with Gasteiger partial charge in [0.25, 0.3) is 0 Å². The molecular formula is C8H16N4O2S. The van der Waals surface area contributed by atoms with E-state index in [2.05, 4.69) is 4.72 Å². The van der Waals surface area contributed by atoms with Crippen molar-refractivity contribution in [3.8, 4) is 0 Å². The first-order valence-corrected chi connectivity index (χ1v) is 5.69. The number of primary amides is 2. The summed E-state index contributed by atoms with van der Waals surface area (Å²) in [5.41, 5.74) is 10.1. The molecule has 0 aromatic carbocycles. The Morgan fingerprint density at radius 2 is 1.80 bits per heavy atom. The van der Waals surface area contributed by atoms with Gasteiger partial charge in [-0.05, 0) is 12.8 Å². The minimum absolute atomic E-state index is 0.105. The van der Waals surface area contributed by atoms with E-state index in [1.165, 1.54) is 10.7 Å². The van der Waals surface area contributed by atoms with E-state index in [0.717, 1.165) is 37.8 Å². The van der Waals surface area contributed by atoms with Crippen LogP contribution in [0.3, 0.4) is 0 Å². The summed E-state index contributed by atoms with van der Waals surface area (Å²) in [6.07, 6.45) is 5.22. The summed E-state index contributed by atoms with van der Waals surface area (Å²) in [5, 5.41) is 0. The summed E-state index contributed by atoms with van der Waals surface area (Å²) in [5.74, 6) is 0. The van der Waals surface area contributed by atoms with Crippen LogP contribution in [-0.2, 0) is 0 Å². The van der Waals surface area contributed by atoms with Crippen LogP contribution < -0.4 is 16.2 Å². The molecule has 1 saturated carbocycles. The number of rotatable bonds is 3. The molecule has 0 aromatic heterocycles. The summed E-state index contributed by atoms with van der Waals surface area (Å²) < 4.78 is 3.70. The fourth-order valence-electron chi connectivity index (χ4n) is 1.71. The monoisotopic (exact) mass is 232 g/mol. The maximum atomic E-state index is 11.1. The number of hydrogen-bond donors (Lipinski definition) is 3. The van der Waals surface area contributed by atoms with Crippen LogP contribution in [-0.4, -0.2) is 22.4 Å². The fraction of sp³-hybridized carbons (Fsp3) is 0.750. The van der Waals surface area contributed by atoms with Gasteiger partial charge in [0.2, 0.25) is 0 Å². The minimum Gasteiger partial charge on any atom is -0.351 e. The van der Waals surface area contributed by atoms with E-state index in [0.29, 0.717) is 0 Å². The molecule has 0 aromatic rings. The van der Waals surface area contributed by atoms with Gasteiger partial charge in [0, 0.05) is 6.04 Å². The molecule has 0 spiro atoms. The Labute approximate surface area is 93.0 Å². The van der Waals surface area contributed by atoms with Crippen LogP contribution in [0.4, 0.5) is 9.59 Å². The Morgan fingerprint density at radius 3 is 2.27 bits per heavy atom. The van der Waals surface area contributed by atoms with Crippen molar-refractivity contribution < 1.29 is 9.59 Å². The molecule has 1 aliphatic rings. The first kappa shape index (κ1) is 12.0. The molecule has 7 heteroatoms. The van der Waals surface area contributed by atoms with Gasteiger partial charge >= 0.3 is 12.1 Å². The molecule has 4 amide bonds. The molecule has 0 unspecified atom stereocenters. The smallest absolute Gasteiger partial charge is 0.326 e. The van der Waals surface area contributed by atoms with Gasteiger partial charge in [-0.3, -0.25) is 4.72 Å². The van der Waals surface area contributed by atoms with Crippen LogP contribution in [0.15, 0.2) is 0 Å². The van der Waals surface area contributed by atoms with Crippen LogP contribution in [0.2, 0.25) is 0 Å². The Hall–Kier alpha value is -1.11. The Balaban J connectivity index is 2.48. The zero-order valence-corrected chi connectivity index (χ0v) is 9.26. The quantitative estimate of drug-likeness (QED) is 0.631. The first-order chi connectivity index (χ1) is 7.11. The van der Waals surface area contributed by atoms with Crippen LogP contribution >= 0.6 is 12.1 Å². The Morgan fingerprint density at radius 1 is 1.20 bits per heavy atom. The van der Waals surface area contributed by atoms with Crippen molar-refractivity contribution in [3.63, 3.8) is 0 Å². The van der Waals surface area contributed by atoms with Crippen molar-refractivity contribution in [3.05, 3.63) is 0 Å². The predicted octanol–water partition coefficient (Wildman–Crippen LogP) is 0.931. The number of carbonyl (C=O) groups excluding carboxylic acids is 2. The number of hydrogen-bond acceptors (Lipinski definition) is 3. The van der Waals surface area contributed by atoms with E-state index in [4.69, 9.17) is 11.5 Å². The lowest BCUT2D eigenvalue weighted by atomic mass is 9.96.